The highest BCUT2D eigenvalue weighted by Gasteiger charge is 2.18. The molecule has 0 spiro atoms. The molecule has 0 unspecified atom stereocenters. The molecule has 3 nitrogen and oxygen atoms in total. The third-order valence-corrected chi connectivity index (χ3v) is 3.53. The van der Waals surface area contributed by atoms with Crippen LogP contribution in [0.1, 0.15) is 33.6 Å². The maximum absolute atomic E-state index is 10.9. The fourth-order valence-electron chi connectivity index (χ4n) is 1.04. The molecular formula is C9H21NO2S. The van der Waals surface area contributed by atoms with Crippen molar-refractivity contribution in [1.29, 1.82) is 0 Å². The van der Waals surface area contributed by atoms with Crippen LogP contribution in [0.2, 0.25) is 0 Å². The van der Waals surface area contributed by atoms with Gasteiger partial charge in [-0.3, -0.25) is 0 Å². The molecule has 0 saturated heterocycles. The average molecular weight is 207 g/mol. The van der Waals surface area contributed by atoms with Crippen LogP contribution in [-0.4, -0.2) is 32.5 Å². The van der Waals surface area contributed by atoms with E-state index < -0.39 is 9.84 Å². The Morgan fingerprint density at radius 1 is 1.23 bits per heavy atom. The molecular weight excluding hydrogens is 186 g/mol. The van der Waals surface area contributed by atoms with Crippen LogP contribution in [0.3, 0.4) is 0 Å². The van der Waals surface area contributed by atoms with Gasteiger partial charge in [-0.15, -0.1) is 0 Å². The maximum atomic E-state index is 10.9. The first-order valence-corrected chi connectivity index (χ1v) is 6.82. The van der Waals surface area contributed by atoms with Crippen molar-refractivity contribution < 1.29 is 8.42 Å². The number of nitrogens with one attached hydrogen (secondary N) is 1. The second kappa shape index (κ2) is 4.96. The summed E-state index contributed by atoms with van der Waals surface area (Å²) in [5.41, 5.74) is 0.0880. The predicted octanol–water partition coefficient (Wildman–Crippen LogP) is 1.20. The monoisotopic (exact) mass is 207 g/mol. The van der Waals surface area contributed by atoms with Gasteiger partial charge < -0.3 is 5.32 Å². The highest BCUT2D eigenvalue weighted by Crippen LogP contribution is 2.12. The Kier molecular flexibility index (Phi) is 4.92. The normalized spacial score (nSPS) is 13.2. The lowest BCUT2D eigenvalue weighted by atomic mass is 9.96. The molecule has 0 saturated carbocycles. The molecule has 0 bridgehead atoms. The summed E-state index contributed by atoms with van der Waals surface area (Å²) in [6.07, 6.45) is 3.31. The standard InChI is InChI=1S/C9H21NO2S/c1-5-9(3,6-2)10-7-8-13(4,11)12/h10H,5-8H2,1-4H3. The molecule has 1 N–H and O–H groups in total. The third kappa shape index (κ3) is 6.05. The highest BCUT2D eigenvalue weighted by molar-refractivity contribution is 7.90. The van der Waals surface area contributed by atoms with E-state index in [1.807, 2.05) is 0 Å². The Balaban J connectivity index is 3.88. The lowest BCUT2D eigenvalue weighted by molar-refractivity contribution is 0.340. The van der Waals surface area contributed by atoms with Crippen LogP contribution in [-0.2, 0) is 9.84 Å². The molecule has 0 aromatic carbocycles. The van der Waals surface area contributed by atoms with Gasteiger partial charge in [-0.2, -0.15) is 0 Å². The van der Waals surface area contributed by atoms with Crippen LogP contribution in [0, 0.1) is 0 Å². The Bertz CT molecular complexity index is 230. The molecule has 0 aliphatic rings. The zero-order valence-corrected chi connectivity index (χ0v) is 9.87. The minimum Gasteiger partial charge on any atom is -0.311 e. The van der Waals surface area contributed by atoms with Gasteiger partial charge in [0.15, 0.2) is 0 Å². The van der Waals surface area contributed by atoms with Gasteiger partial charge in [0.05, 0.1) is 5.75 Å². The molecule has 0 radical (unpaired) electrons. The van der Waals surface area contributed by atoms with Crippen LogP contribution in [0.4, 0.5) is 0 Å². The summed E-state index contributed by atoms with van der Waals surface area (Å²) in [6, 6.07) is 0. The summed E-state index contributed by atoms with van der Waals surface area (Å²) in [5.74, 6) is 0.225. The van der Waals surface area contributed by atoms with E-state index in [1.54, 1.807) is 0 Å². The van der Waals surface area contributed by atoms with Crippen LogP contribution >= 0.6 is 0 Å². The van der Waals surface area contributed by atoms with E-state index in [-0.39, 0.29) is 11.3 Å². The number of sulfone groups is 1. The third-order valence-electron chi connectivity index (χ3n) is 2.59. The van der Waals surface area contributed by atoms with Crippen molar-refractivity contribution >= 4 is 9.84 Å². The van der Waals surface area contributed by atoms with Gasteiger partial charge in [0.25, 0.3) is 0 Å². The second-order valence-electron chi connectivity index (χ2n) is 3.82. The minimum absolute atomic E-state index is 0.0880. The average Bonchev–Trinajstić information content (AvgIpc) is 2.02. The predicted molar refractivity (Wildman–Crippen MR) is 56.7 cm³/mol. The van der Waals surface area contributed by atoms with E-state index in [1.165, 1.54) is 6.26 Å². The summed E-state index contributed by atoms with van der Waals surface area (Å²) < 4.78 is 21.7. The van der Waals surface area contributed by atoms with Crippen LogP contribution in [0.25, 0.3) is 0 Å². The minimum atomic E-state index is -2.83. The SMILES string of the molecule is CCC(C)(CC)NCCS(C)(=O)=O. The molecule has 0 atom stereocenters. The fraction of sp³-hybridized carbons (Fsp3) is 1.00. The molecule has 0 amide bonds. The lowest BCUT2D eigenvalue weighted by Gasteiger charge is -2.28. The first kappa shape index (κ1) is 12.9. The summed E-state index contributed by atoms with van der Waals surface area (Å²) in [7, 11) is -2.83. The van der Waals surface area contributed by atoms with Crippen molar-refractivity contribution in [2.24, 2.45) is 0 Å². The van der Waals surface area contributed by atoms with E-state index >= 15 is 0 Å². The largest absolute Gasteiger partial charge is 0.311 e. The zero-order chi connectivity index (χ0) is 10.5. The van der Waals surface area contributed by atoms with Gasteiger partial charge in [-0.1, -0.05) is 13.8 Å². The van der Waals surface area contributed by atoms with E-state index in [4.69, 9.17) is 0 Å². The van der Waals surface area contributed by atoms with E-state index in [2.05, 4.69) is 26.1 Å². The van der Waals surface area contributed by atoms with Gasteiger partial charge in [0, 0.05) is 18.3 Å². The molecule has 13 heavy (non-hydrogen) atoms. The summed E-state index contributed by atoms with van der Waals surface area (Å²) >= 11 is 0. The van der Waals surface area contributed by atoms with Gasteiger partial charge in [0.2, 0.25) is 0 Å². The number of hydrogen-bond acceptors (Lipinski definition) is 3. The topological polar surface area (TPSA) is 46.2 Å². The van der Waals surface area contributed by atoms with Crippen molar-refractivity contribution in [3.8, 4) is 0 Å². The Morgan fingerprint density at radius 3 is 2.00 bits per heavy atom. The summed E-state index contributed by atoms with van der Waals surface area (Å²) in [4.78, 5) is 0. The quantitative estimate of drug-likeness (QED) is 0.712. The van der Waals surface area contributed by atoms with Gasteiger partial charge in [0.1, 0.15) is 9.84 Å². The fourth-order valence-corrected chi connectivity index (χ4v) is 1.51. The number of hydrogen-bond donors (Lipinski definition) is 1. The first-order chi connectivity index (χ1) is 5.83. The van der Waals surface area contributed by atoms with Crippen LogP contribution < -0.4 is 5.32 Å². The molecule has 0 aromatic rings. The second-order valence-corrected chi connectivity index (χ2v) is 6.08. The smallest absolute Gasteiger partial charge is 0.148 e. The van der Waals surface area contributed by atoms with E-state index in [9.17, 15) is 8.42 Å². The van der Waals surface area contributed by atoms with E-state index in [0.717, 1.165) is 12.8 Å². The zero-order valence-electron chi connectivity index (χ0n) is 9.05. The molecule has 80 valence electrons. The summed E-state index contributed by atoms with van der Waals surface area (Å²) in [6.45, 7) is 6.89. The molecule has 0 aromatic heterocycles. The highest BCUT2D eigenvalue weighted by atomic mass is 32.2. The number of rotatable bonds is 6. The molecule has 0 rings (SSSR count). The lowest BCUT2D eigenvalue weighted by Crippen LogP contribution is -2.43. The van der Waals surface area contributed by atoms with Crippen molar-refractivity contribution in [3.05, 3.63) is 0 Å². The molecule has 0 aliphatic carbocycles. The van der Waals surface area contributed by atoms with E-state index in [0.29, 0.717) is 6.54 Å². The summed E-state index contributed by atoms with van der Waals surface area (Å²) in [5, 5.41) is 3.27. The van der Waals surface area contributed by atoms with Gasteiger partial charge in [-0.05, 0) is 19.8 Å². The molecule has 0 heterocycles. The Labute approximate surface area is 81.8 Å². The Morgan fingerprint density at radius 2 is 1.69 bits per heavy atom. The van der Waals surface area contributed by atoms with Crippen LogP contribution in [0.15, 0.2) is 0 Å². The maximum Gasteiger partial charge on any atom is 0.148 e. The van der Waals surface area contributed by atoms with Crippen molar-refractivity contribution in [1.82, 2.24) is 5.32 Å². The molecule has 4 heteroatoms. The Hall–Kier alpha value is -0.0900. The van der Waals surface area contributed by atoms with Crippen molar-refractivity contribution in [3.63, 3.8) is 0 Å². The van der Waals surface area contributed by atoms with Crippen molar-refractivity contribution in [2.75, 3.05) is 18.6 Å². The van der Waals surface area contributed by atoms with Gasteiger partial charge >= 0.3 is 0 Å². The first-order valence-electron chi connectivity index (χ1n) is 4.76. The van der Waals surface area contributed by atoms with Crippen molar-refractivity contribution in [2.45, 2.75) is 39.2 Å². The molecule has 0 fully saturated rings. The molecule has 0 aliphatic heterocycles. The van der Waals surface area contributed by atoms with Gasteiger partial charge in [-0.25, -0.2) is 8.42 Å². The van der Waals surface area contributed by atoms with Crippen LogP contribution in [0.5, 0.6) is 0 Å².